The Kier molecular flexibility index (Phi) is 2.95. The molecule has 2 aromatic rings. The van der Waals surface area contributed by atoms with Crippen molar-refractivity contribution in [3.63, 3.8) is 0 Å². The highest BCUT2D eigenvalue weighted by Gasteiger charge is 2.36. The third-order valence-corrected chi connectivity index (χ3v) is 3.34. The van der Waals surface area contributed by atoms with Crippen LogP contribution in [0.5, 0.6) is 0 Å². The molecule has 3 nitrogen and oxygen atoms in total. The molecule has 3 heteroatoms. The summed E-state index contributed by atoms with van der Waals surface area (Å²) in [5.41, 5.74) is 2.89. The van der Waals surface area contributed by atoms with Crippen molar-refractivity contribution in [2.24, 2.45) is 0 Å². The number of fused-ring (bicyclic) bond motifs is 1. The number of allylic oxidation sites excluding steroid dienone is 1. The second kappa shape index (κ2) is 4.78. The van der Waals surface area contributed by atoms with Gasteiger partial charge in [0.2, 0.25) is 0 Å². The van der Waals surface area contributed by atoms with Crippen molar-refractivity contribution in [2.45, 2.75) is 6.42 Å². The van der Waals surface area contributed by atoms with Gasteiger partial charge < -0.3 is 0 Å². The molecule has 0 unspecified atom stereocenters. The van der Waals surface area contributed by atoms with Crippen LogP contribution in [-0.4, -0.2) is 11.7 Å². The van der Waals surface area contributed by atoms with Crippen LogP contribution in [0.3, 0.4) is 0 Å². The molecule has 1 aliphatic rings. The number of amides is 1. The maximum atomic E-state index is 12.2. The van der Waals surface area contributed by atoms with E-state index in [2.05, 4.69) is 6.58 Å². The number of Topliss-reactive ketones (excluding diaryl/α,β-unsaturated/α-hetero) is 1. The third-order valence-electron chi connectivity index (χ3n) is 3.34. The number of hydrogen-bond acceptors (Lipinski definition) is 2. The lowest BCUT2D eigenvalue weighted by atomic mass is 10.1. The topological polar surface area (TPSA) is 37.4 Å². The molecule has 0 radical (unpaired) electrons. The van der Waals surface area contributed by atoms with Crippen LogP contribution in [0, 0.1) is 0 Å². The Morgan fingerprint density at radius 1 is 1.05 bits per heavy atom. The van der Waals surface area contributed by atoms with E-state index in [9.17, 15) is 9.59 Å². The summed E-state index contributed by atoms with van der Waals surface area (Å²) in [7, 11) is 0. The highest BCUT2D eigenvalue weighted by Crippen LogP contribution is 2.35. The first-order valence-corrected chi connectivity index (χ1v) is 6.40. The summed E-state index contributed by atoms with van der Waals surface area (Å²) < 4.78 is 0. The van der Waals surface area contributed by atoms with Gasteiger partial charge in [-0.1, -0.05) is 30.3 Å². The number of para-hydroxylation sites is 1. The molecule has 0 saturated carbocycles. The lowest BCUT2D eigenvalue weighted by molar-refractivity contribution is -0.113. The van der Waals surface area contributed by atoms with Gasteiger partial charge in [-0.2, -0.15) is 0 Å². The smallest absolute Gasteiger partial charge is 0.283 e. The molecule has 98 valence electrons. The van der Waals surface area contributed by atoms with Crippen molar-refractivity contribution in [2.75, 3.05) is 4.90 Å². The molecule has 0 spiro atoms. The van der Waals surface area contributed by atoms with E-state index in [1.165, 1.54) is 4.90 Å². The average Bonchev–Trinajstić information content (AvgIpc) is 2.72. The van der Waals surface area contributed by atoms with Gasteiger partial charge in [0, 0.05) is 5.69 Å². The van der Waals surface area contributed by atoms with Crippen LogP contribution in [0.15, 0.2) is 61.2 Å². The van der Waals surface area contributed by atoms with Crippen LogP contribution in [0.4, 0.5) is 11.4 Å². The molecule has 1 aliphatic heterocycles. The third kappa shape index (κ3) is 1.84. The SMILES string of the molecule is C=CCc1cccc(N2C(=O)C(=O)c3ccccc32)c1. The molecule has 0 aliphatic carbocycles. The first-order chi connectivity index (χ1) is 9.72. The molecular formula is C17H13NO2. The zero-order valence-electron chi connectivity index (χ0n) is 10.9. The summed E-state index contributed by atoms with van der Waals surface area (Å²) in [6.45, 7) is 3.71. The Hall–Kier alpha value is -2.68. The van der Waals surface area contributed by atoms with Gasteiger partial charge in [-0.05, 0) is 36.2 Å². The van der Waals surface area contributed by atoms with Gasteiger partial charge in [-0.15, -0.1) is 6.58 Å². The molecule has 1 amide bonds. The van der Waals surface area contributed by atoms with E-state index in [4.69, 9.17) is 0 Å². The van der Waals surface area contributed by atoms with Crippen LogP contribution in [0.2, 0.25) is 0 Å². The fourth-order valence-corrected chi connectivity index (χ4v) is 2.43. The molecule has 0 N–H and O–H groups in total. The number of rotatable bonds is 3. The van der Waals surface area contributed by atoms with E-state index in [-0.39, 0.29) is 0 Å². The summed E-state index contributed by atoms with van der Waals surface area (Å²) in [5, 5.41) is 0. The predicted octanol–water partition coefficient (Wildman–Crippen LogP) is 3.28. The van der Waals surface area contributed by atoms with Crippen LogP contribution >= 0.6 is 0 Å². The summed E-state index contributed by atoms with van der Waals surface area (Å²) in [5.74, 6) is -0.948. The second-order valence-corrected chi connectivity index (χ2v) is 4.65. The fourth-order valence-electron chi connectivity index (χ4n) is 2.43. The maximum absolute atomic E-state index is 12.2. The largest absolute Gasteiger partial charge is 0.304 e. The van der Waals surface area contributed by atoms with Gasteiger partial charge in [0.25, 0.3) is 5.78 Å². The van der Waals surface area contributed by atoms with Gasteiger partial charge in [0.15, 0.2) is 0 Å². The molecule has 0 fully saturated rings. The average molecular weight is 263 g/mol. The molecule has 0 saturated heterocycles. The fraction of sp³-hybridized carbons (Fsp3) is 0.0588. The number of anilines is 2. The van der Waals surface area contributed by atoms with Crippen molar-refractivity contribution in [1.29, 1.82) is 0 Å². The van der Waals surface area contributed by atoms with E-state index in [1.807, 2.05) is 36.4 Å². The molecule has 20 heavy (non-hydrogen) atoms. The minimum absolute atomic E-state index is 0.449. The minimum Gasteiger partial charge on any atom is -0.283 e. The monoisotopic (exact) mass is 263 g/mol. The predicted molar refractivity (Wildman–Crippen MR) is 78.3 cm³/mol. The highest BCUT2D eigenvalue weighted by atomic mass is 16.2. The van der Waals surface area contributed by atoms with Crippen LogP contribution < -0.4 is 4.90 Å². The Bertz CT molecular complexity index is 718. The number of carbonyl (C=O) groups is 2. The van der Waals surface area contributed by atoms with Gasteiger partial charge in [0.05, 0.1) is 11.3 Å². The second-order valence-electron chi connectivity index (χ2n) is 4.65. The Morgan fingerprint density at radius 2 is 1.85 bits per heavy atom. The zero-order valence-corrected chi connectivity index (χ0v) is 10.9. The first-order valence-electron chi connectivity index (χ1n) is 6.40. The Balaban J connectivity index is 2.10. The Labute approximate surface area is 117 Å². The number of hydrogen-bond donors (Lipinski definition) is 0. The zero-order chi connectivity index (χ0) is 14.1. The Morgan fingerprint density at radius 3 is 2.65 bits per heavy atom. The summed E-state index contributed by atoms with van der Waals surface area (Å²) in [4.78, 5) is 25.6. The molecule has 0 bridgehead atoms. The van der Waals surface area contributed by atoms with E-state index in [0.717, 1.165) is 12.0 Å². The first kappa shape index (κ1) is 12.4. The lowest BCUT2D eigenvalue weighted by Gasteiger charge is -2.17. The van der Waals surface area contributed by atoms with Crippen LogP contribution in [-0.2, 0) is 11.2 Å². The molecule has 0 aromatic heterocycles. The standard InChI is InChI=1S/C17H13NO2/c1-2-6-12-7-5-8-13(11-12)18-15-10-4-3-9-14(15)16(19)17(18)20/h2-5,7-11H,1,6H2. The van der Waals surface area contributed by atoms with Gasteiger partial charge in [-0.25, -0.2) is 0 Å². The molecule has 3 rings (SSSR count). The summed E-state index contributed by atoms with van der Waals surface area (Å²) >= 11 is 0. The van der Waals surface area contributed by atoms with Crippen molar-refractivity contribution < 1.29 is 9.59 Å². The number of ketones is 1. The van der Waals surface area contributed by atoms with Gasteiger partial charge in [-0.3, -0.25) is 14.5 Å². The quantitative estimate of drug-likeness (QED) is 0.629. The molecule has 2 aromatic carbocycles. The van der Waals surface area contributed by atoms with Crippen LogP contribution in [0.25, 0.3) is 0 Å². The highest BCUT2D eigenvalue weighted by molar-refractivity contribution is 6.53. The van der Waals surface area contributed by atoms with Crippen molar-refractivity contribution in [1.82, 2.24) is 0 Å². The van der Waals surface area contributed by atoms with Gasteiger partial charge >= 0.3 is 5.91 Å². The summed E-state index contributed by atoms with van der Waals surface area (Å²) in [6, 6.07) is 14.7. The van der Waals surface area contributed by atoms with Gasteiger partial charge in [0.1, 0.15) is 0 Å². The van der Waals surface area contributed by atoms with Crippen molar-refractivity contribution >= 4 is 23.1 Å². The van der Waals surface area contributed by atoms with E-state index in [0.29, 0.717) is 16.9 Å². The molecule has 0 atom stereocenters. The minimum atomic E-state index is -0.498. The number of benzene rings is 2. The maximum Gasteiger partial charge on any atom is 0.304 e. The number of nitrogens with zero attached hydrogens (tertiary/aromatic N) is 1. The van der Waals surface area contributed by atoms with Crippen molar-refractivity contribution in [3.8, 4) is 0 Å². The van der Waals surface area contributed by atoms with E-state index >= 15 is 0 Å². The number of carbonyl (C=O) groups excluding carboxylic acids is 2. The van der Waals surface area contributed by atoms with E-state index in [1.54, 1.807) is 18.2 Å². The summed E-state index contributed by atoms with van der Waals surface area (Å²) in [6.07, 6.45) is 2.54. The normalized spacial score (nSPS) is 13.5. The molecular weight excluding hydrogens is 250 g/mol. The van der Waals surface area contributed by atoms with E-state index < -0.39 is 11.7 Å². The van der Waals surface area contributed by atoms with Crippen LogP contribution in [0.1, 0.15) is 15.9 Å². The lowest BCUT2D eigenvalue weighted by Crippen LogP contribution is -2.24. The molecule has 1 heterocycles. The van der Waals surface area contributed by atoms with Crippen molar-refractivity contribution in [3.05, 3.63) is 72.3 Å².